The van der Waals surface area contributed by atoms with Gasteiger partial charge in [0.1, 0.15) is 17.4 Å². The topological polar surface area (TPSA) is 83.7 Å². The van der Waals surface area contributed by atoms with Gasteiger partial charge in [0, 0.05) is 50.4 Å². The molecule has 3 aromatic rings. The standard InChI is InChI=1S/C30H34FN5O2/c1-19(2)35-12-14-36(15-13-35)22-10-11-26(27(18-22)38-3)34-28-17-21(23-7-5-9-25(23)33-28)16-20-6-4-8-24(31)29(20)30(32)37/h4-8,10-11,17-19H,9,12-16H2,1-3H3,(H2,32,37)(H,33,34). The first-order valence-electron chi connectivity index (χ1n) is 13.0. The van der Waals surface area contributed by atoms with Crippen molar-refractivity contribution in [3.05, 3.63) is 82.3 Å². The summed E-state index contributed by atoms with van der Waals surface area (Å²) >= 11 is 0. The number of allylic oxidation sites excluding steroid dienone is 1. The van der Waals surface area contributed by atoms with Crippen LogP contribution in [-0.4, -0.2) is 55.1 Å². The molecule has 2 heterocycles. The molecule has 0 atom stereocenters. The number of nitrogens with zero attached hydrogens (tertiary/aromatic N) is 3. The molecule has 2 aliphatic rings. The quantitative estimate of drug-likeness (QED) is 0.450. The van der Waals surface area contributed by atoms with Crippen LogP contribution in [0.3, 0.4) is 0 Å². The molecule has 38 heavy (non-hydrogen) atoms. The molecular weight excluding hydrogens is 481 g/mol. The van der Waals surface area contributed by atoms with Gasteiger partial charge in [-0.15, -0.1) is 0 Å². The summed E-state index contributed by atoms with van der Waals surface area (Å²) in [5.74, 6) is 0.0196. The number of benzene rings is 2. The summed E-state index contributed by atoms with van der Waals surface area (Å²) < 4.78 is 20.1. The number of carbonyl (C=O) groups excluding carboxylic acids is 1. The number of methoxy groups -OCH3 is 1. The number of rotatable bonds is 8. The SMILES string of the molecule is COc1cc(N2CCN(C(C)C)CC2)ccc1Nc1cc(Cc2cccc(F)c2C(N)=O)c2c(n1)CC=C2. The van der Waals surface area contributed by atoms with E-state index in [4.69, 9.17) is 15.5 Å². The summed E-state index contributed by atoms with van der Waals surface area (Å²) in [7, 11) is 1.67. The van der Waals surface area contributed by atoms with Crippen LogP contribution in [0, 0.1) is 5.82 Å². The van der Waals surface area contributed by atoms with Gasteiger partial charge in [-0.1, -0.05) is 24.3 Å². The van der Waals surface area contributed by atoms with Crippen molar-refractivity contribution in [2.45, 2.75) is 32.7 Å². The van der Waals surface area contributed by atoms with E-state index in [1.165, 1.54) is 6.07 Å². The van der Waals surface area contributed by atoms with E-state index in [0.717, 1.165) is 60.1 Å². The Labute approximate surface area is 223 Å². The Balaban J connectivity index is 1.40. The van der Waals surface area contributed by atoms with Crippen molar-refractivity contribution in [3.8, 4) is 5.75 Å². The number of nitrogens with two attached hydrogens (primary N) is 1. The number of aromatic nitrogens is 1. The number of fused-ring (bicyclic) bond motifs is 1. The van der Waals surface area contributed by atoms with Crippen molar-refractivity contribution in [1.82, 2.24) is 9.88 Å². The molecule has 3 N–H and O–H groups in total. The number of amides is 1. The minimum absolute atomic E-state index is 0.0685. The van der Waals surface area contributed by atoms with E-state index in [0.29, 0.717) is 30.3 Å². The molecule has 0 spiro atoms. The van der Waals surface area contributed by atoms with Crippen LogP contribution in [0.25, 0.3) is 6.08 Å². The second kappa shape index (κ2) is 10.8. The van der Waals surface area contributed by atoms with E-state index < -0.39 is 11.7 Å². The largest absolute Gasteiger partial charge is 0.494 e. The van der Waals surface area contributed by atoms with Crippen LogP contribution in [0.4, 0.5) is 21.6 Å². The highest BCUT2D eigenvalue weighted by Crippen LogP contribution is 2.34. The smallest absolute Gasteiger partial charge is 0.251 e. The van der Waals surface area contributed by atoms with Crippen LogP contribution >= 0.6 is 0 Å². The predicted octanol–water partition coefficient (Wildman–Crippen LogP) is 4.76. The number of piperazine rings is 1. The summed E-state index contributed by atoms with van der Waals surface area (Å²) in [6, 6.07) is 13.3. The number of halogens is 1. The van der Waals surface area contributed by atoms with E-state index in [1.807, 2.05) is 18.2 Å². The molecule has 1 aromatic heterocycles. The van der Waals surface area contributed by atoms with Gasteiger partial charge in [0.2, 0.25) is 0 Å². The van der Waals surface area contributed by atoms with Crippen molar-refractivity contribution >= 4 is 29.2 Å². The van der Waals surface area contributed by atoms with Crippen LogP contribution < -0.4 is 20.7 Å². The van der Waals surface area contributed by atoms with Crippen LogP contribution in [0.1, 0.15) is 46.6 Å². The molecule has 0 radical (unpaired) electrons. The third-order valence-corrected chi connectivity index (χ3v) is 7.40. The van der Waals surface area contributed by atoms with Gasteiger partial charge in [0.15, 0.2) is 0 Å². The van der Waals surface area contributed by atoms with Crippen LogP contribution in [-0.2, 0) is 12.8 Å². The van der Waals surface area contributed by atoms with Gasteiger partial charge in [0.25, 0.3) is 5.91 Å². The zero-order valence-corrected chi connectivity index (χ0v) is 22.1. The maximum atomic E-state index is 14.4. The molecule has 198 valence electrons. The van der Waals surface area contributed by atoms with Crippen molar-refractivity contribution in [2.24, 2.45) is 5.73 Å². The average Bonchev–Trinajstić information content (AvgIpc) is 3.38. The highest BCUT2D eigenvalue weighted by atomic mass is 19.1. The predicted molar refractivity (Wildman–Crippen MR) is 150 cm³/mol. The van der Waals surface area contributed by atoms with Gasteiger partial charge in [-0.2, -0.15) is 0 Å². The maximum absolute atomic E-state index is 14.4. The molecule has 0 saturated carbocycles. The minimum Gasteiger partial charge on any atom is -0.494 e. The Hall–Kier alpha value is -3.91. The number of nitrogens with one attached hydrogen (secondary N) is 1. The second-order valence-electron chi connectivity index (χ2n) is 10.1. The van der Waals surface area contributed by atoms with Crippen LogP contribution in [0.2, 0.25) is 0 Å². The second-order valence-corrected chi connectivity index (χ2v) is 10.1. The average molecular weight is 516 g/mol. The Morgan fingerprint density at radius 2 is 1.92 bits per heavy atom. The summed E-state index contributed by atoms with van der Waals surface area (Å²) in [5.41, 5.74) is 10.8. The molecule has 1 aliphatic carbocycles. The van der Waals surface area contributed by atoms with Gasteiger partial charge >= 0.3 is 0 Å². The van der Waals surface area contributed by atoms with Crippen molar-refractivity contribution in [2.75, 3.05) is 43.5 Å². The first kappa shape index (κ1) is 25.7. The van der Waals surface area contributed by atoms with E-state index in [2.05, 4.69) is 47.2 Å². The molecule has 1 fully saturated rings. The van der Waals surface area contributed by atoms with Gasteiger partial charge < -0.3 is 20.7 Å². The molecule has 1 saturated heterocycles. The zero-order valence-electron chi connectivity index (χ0n) is 22.1. The molecule has 0 unspecified atom stereocenters. The molecule has 8 heteroatoms. The first-order chi connectivity index (χ1) is 18.3. The Bertz CT molecular complexity index is 1380. The molecule has 1 amide bonds. The summed E-state index contributed by atoms with van der Waals surface area (Å²) in [5, 5.41) is 3.42. The Morgan fingerprint density at radius 1 is 1.13 bits per heavy atom. The number of hydrogen-bond donors (Lipinski definition) is 2. The highest BCUT2D eigenvalue weighted by Gasteiger charge is 2.21. The molecule has 1 aliphatic heterocycles. The summed E-state index contributed by atoms with van der Waals surface area (Å²) in [6.45, 7) is 8.51. The first-order valence-corrected chi connectivity index (χ1v) is 13.0. The lowest BCUT2D eigenvalue weighted by atomic mass is 9.96. The van der Waals surface area contributed by atoms with Crippen molar-refractivity contribution < 1.29 is 13.9 Å². The molecule has 5 rings (SSSR count). The molecular formula is C30H34FN5O2. The van der Waals surface area contributed by atoms with E-state index in [1.54, 1.807) is 19.2 Å². The van der Waals surface area contributed by atoms with Gasteiger partial charge in [-0.25, -0.2) is 9.37 Å². The fourth-order valence-electron chi connectivity index (χ4n) is 5.34. The number of carbonyl (C=O) groups is 1. The third kappa shape index (κ3) is 5.22. The normalized spacial score (nSPS) is 15.1. The Morgan fingerprint density at radius 3 is 2.63 bits per heavy atom. The van der Waals surface area contributed by atoms with Crippen molar-refractivity contribution in [1.29, 1.82) is 0 Å². The minimum atomic E-state index is -0.770. The highest BCUT2D eigenvalue weighted by molar-refractivity contribution is 5.94. The molecule has 0 bridgehead atoms. The number of anilines is 3. The lowest BCUT2D eigenvalue weighted by Crippen LogP contribution is -2.48. The van der Waals surface area contributed by atoms with Gasteiger partial charge in [-0.05, 0) is 61.2 Å². The van der Waals surface area contributed by atoms with E-state index >= 15 is 0 Å². The lowest BCUT2D eigenvalue weighted by molar-refractivity contribution is 0.0995. The molecule has 2 aromatic carbocycles. The molecule has 7 nitrogen and oxygen atoms in total. The zero-order chi connectivity index (χ0) is 26.8. The van der Waals surface area contributed by atoms with Crippen molar-refractivity contribution in [3.63, 3.8) is 0 Å². The van der Waals surface area contributed by atoms with Gasteiger partial charge in [0.05, 0.1) is 24.1 Å². The fourth-order valence-corrected chi connectivity index (χ4v) is 5.34. The van der Waals surface area contributed by atoms with E-state index in [9.17, 15) is 9.18 Å². The number of ether oxygens (including phenoxy) is 1. The number of pyridine rings is 1. The fraction of sp³-hybridized carbons (Fsp3) is 0.333. The Kier molecular flexibility index (Phi) is 7.33. The van der Waals surface area contributed by atoms with Gasteiger partial charge in [-0.3, -0.25) is 9.69 Å². The van der Waals surface area contributed by atoms with Crippen LogP contribution in [0.15, 0.2) is 48.5 Å². The lowest BCUT2D eigenvalue weighted by Gasteiger charge is -2.38. The van der Waals surface area contributed by atoms with Crippen LogP contribution in [0.5, 0.6) is 5.75 Å². The maximum Gasteiger partial charge on any atom is 0.251 e. The number of hydrogen-bond acceptors (Lipinski definition) is 6. The monoisotopic (exact) mass is 515 g/mol. The van der Waals surface area contributed by atoms with E-state index in [-0.39, 0.29) is 5.56 Å². The summed E-state index contributed by atoms with van der Waals surface area (Å²) in [4.78, 5) is 21.7. The third-order valence-electron chi connectivity index (χ3n) is 7.40. The summed E-state index contributed by atoms with van der Waals surface area (Å²) in [6.07, 6.45) is 5.15. The number of primary amides is 1.